The van der Waals surface area contributed by atoms with Crippen molar-refractivity contribution in [3.05, 3.63) is 72.3 Å². The Hall–Kier alpha value is -4.01. The first-order valence-electron chi connectivity index (χ1n) is 11.0. The van der Waals surface area contributed by atoms with Gasteiger partial charge in [0.05, 0.1) is 18.4 Å². The van der Waals surface area contributed by atoms with Crippen LogP contribution in [0, 0.1) is 11.7 Å². The van der Waals surface area contributed by atoms with Crippen molar-refractivity contribution in [1.29, 1.82) is 0 Å². The number of halogens is 1. The maximum absolute atomic E-state index is 14.4. The summed E-state index contributed by atoms with van der Waals surface area (Å²) in [6.45, 7) is 1.06. The number of hydrogen-bond donors (Lipinski definition) is 1. The number of nitrogens with one attached hydrogen (secondary N) is 1. The summed E-state index contributed by atoms with van der Waals surface area (Å²) in [5.41, 5.74) is 1.42. The lowest BCUT2D eigenvalue weighted by Gasteiger charge is -2.30. The molecule has 0 bridgehead atoms. The van der Waals surface area contributed by atoms with Gasteiger partial charge in [0.15, 0.2) is 0 Å². The molecule has 4 rings (SSSR count). The van der Waals surface area contributed by atoms with Crippen molar-refractivity contribution < 1.29 is 23.5 Å². The standard InChI is InChI=1S/C25H25FN4O4/c1-33-21-9-5-8-19(26)23(21)20-14-22(28-16-27-20)29-24(31)18-10-12-30(13-11-18)25(32)34-15-17-6-3-2-4-7-17/h2-9,14,16,18H,10-13,15H2,1H3,(H,27,28,29,31). The fourth-order valence-electron chi connectivity index (χ4n) is 3.85. The fraction of sp³-hybridized carbons (Fsp3) is 0.280. The molecule has 2 amide bonds. The second kappa shape index (κ2) is 10.7. The Morgan fingerprint density at radius 2 is 1.85 bits per heavy atom. The molecule has 0 spiro atoms. The fourth-order valence-corrected chi connectivity index (χ4v) is 3.85. The first kappa shape index (κ1) is 23.2. The minimum Gasteiger partial charge on any atom is -0.496 e. The Morgan fingerprint density at radius 1 is 1.09 bits per heavy atom. The van der Waals surface area contributed by atoms with Crippen LogP contribution in [-0.2, 0) is 16.1 Å². The molecule has 176 valence electrons. The van der Waals surface area contributed by atoms with E-state index in [-0.39, 0.29) is 35.9 Å². The van der Waals surface area contributed by atoms with Gasteiger partial charge in [0.2, 0.25) is 5.91 Å². The average Bonchev–Trinajstić information content (AvgIpc) is 2.88. The van der Waals surface area contributed by atoms with Crippen LogP contribution in [0.4, 0.5) is 15.0 Å². The minimum absolute atomic E-state index is 0.199. The summed E-state index contributed by atoms with van der Waals surface area (Å²) in [6.07, 6.45) is 1.89. The molecule has 2 heterocycles. The van der Waals surface area contributed by atoms with Crippen LogP contribution in [0.25, 0.3) is 11.3 Å². The number of anilines is 1. The maximum Gasteiger partial charge on any atom is 0.410 e. The Labute approximate surface area is 196 Å². The number of rotatable bonds is 6. The van der Waals surface area contributed by atoms with E-state index in [1.165, 1.54) is 25.6 Å². The van der Waals surface area contributed by atoms with Crippen molar-refractivity contribution >= 4 is 17.8 Å². The van der Waals surface area contributed by atoms with E-state index in [9.17, 15) is 14.0 Å². The van der Waals surface area contributed by atoms with Gasteiger partial charge in [-0.1, -0.05) is 36.4 Å². The third-order valence-electron chi connectivity index (χ3n) is 5.70. The predicted molar refractivity (Wildman–Crippen MR) is 124 cm³/mol. The molecule has 1 fully saturated rings. The van der Waals surface area contributed by atoms with Gasteiger partial charge in [-0.05, 0) is 30.5 Å². The molecule has 2 aromatic carbocycles. The van der Waals surface area contributed by atoms with E-state index < -0.39 is 5.82 Å². The molecular weight excluding hydrogens is 439 g/mol. The number of carbonyl (C=O) groups is 2. The molecule has 1 N–H and O–H groups in total. The Balaban J connectivity index is 1.32. The first-order valence-corrected chi connectivity index (χ1v) is 11.0. The molecule has 1 saturated heterocycles. The smallest absolute Gasteiger partial charge is 0.410 e. The van der Waals surface area contributed by atoms with E-state index in [2.05, 4.69) is 15.3 Å². The van der Waals surface area contributed by atoms with Crippen molar-refractivity contribution in [2.75, 3.05) is 25.5 Å². The van der Waals surface area contributed by atoms with Crippen molar-refractivity contribution in [2.45, 2.75) is 19.4 Å². The molecule has 0 aliphatic carbocycles. The molecular formula is C25H25FN4O4. The molecule has 1 aromatic heterocycles. The van der Waals surface area contributed by atoms with Crippen LogP contribution in [0.2, 0.25) is 0 Å². The summed E-state index contributed by atoms with van der Waals surface area (Å²) in [6, 6.07) is 15.5. The minimum atomic E-state index is -0.484. The van der Waals surface area contributed by atoms with Crippen LogP contribution >= 0.6 is 0 Å². The number of piperidine rings is 1. The molecule has 0 atom stereocenters. The number of ether oxygens (including phenoxy) is 2. The molecule has 0 unspecified atom stereocenters. The largest absolute Gasteiger partial charge is 0.496 e. The van der Waals surface area contributed by atoms with Crippen molar-refractivity contribution in [1.82, 2.24) is 14.9 Å². The number of nitrogens with zero attached hydrogens (tertiary/aromatic N) is 3. The van der Waals surface area contributed by atoms with E-state index >= 15 is 0 Å². The lowest BCUT2D eigenvalue weighted by atomic mass is 9.96. The summed E-state index contributed by atoms with van der Waals surface area (Å²) in [5.74, 6) is -0.364. The lowest BCUT2D eigenvalue weighted by Crippen LogP contribution is -2.41. The summed E-state index contributed by atoms with van der Waals surface area (Å²) in [5, 5.41) is 2.78. The highest BCUT2D eigenvalue weighted by molar-refractivity contribution is 5.92. The zero-order valence-corrected chi connectivity index (χ0v) is 18.7. The van der Waals surface area contributed by atoms with E-state index in [0.717, 1.165) is 5.56 Å². The van der Waals surface area contributed by atoms with Gasteiger partial charge in [-0.3, -0.25) is 4.79 Å². The van der Waals surface area contributed by atoms with E-state index in [1.54, 1.807) is 17.0 Å². The first-order chi connectivity index (χ1) is 16.5. The van der Waals surface area contributed by atoms with Crippen LogP contribution in [0.5, 0.6) is 5.75 Å². The number of methoxy groups -OCH3 is 1. The SMILES string of the molecule is COc1cccc(F)c1-c1cc(NC(=O)C2CCN(C(=O)OCc3ccccc3)CC2)ncn1. The second-order valence-corrected chi connectivity index (χ2v) is 7.90. The number of carbonyl (C=O) groups excluding carboxylic acids is 2. The Bertz CT molecular complexity index is 1150. The van der Waals surface area contributed by atoms with Gasteiger partial charge in [-0.15, -0.1) is 0 Å². The maximum atomic E-state index is 14.4. The monoisotopic (exact) mass is 464 g/mol. The second-order valence-electron chi connectivity index (χ2n) is 7.90. The predicted octanol–water partition coefficient (Wildman–Crippen LogP) is 4.28. The molecule has 34 heavy (non-hydrogen) atoms. The summed E-state index contributed by atoms with van der Waals surface area (Å²) in [7, 11) is 1.45. The molecule has 0 radical (unpaired) electrons. The third kappa shape index (κ3) is 5.48. The van der Waals surface area contributed by atoms with Gasteiger partial charge in [0.25, 0.3) is 0 Å². The normalized spacial score (nSPS) is 13.9. The van der Waals surface area contributed by atoms with Gasteiger partial charge < -0.3 is 19.7 Å². The van der Waals surface area contributed by atoms with Crippen LogP contribution in [0.15, 0.2) is 60.9 Å². The van der Waals surface area contributed by atoms with Crippen molar-refractivity contribution in [3.63, 3.8) is 0 Å². The zero-order valence-electron chi connectivity index (χ0n) is 18.7. The van der Waals surface area contributed by atoms with Crippen LogP contribution in [-0.4, -0.2) is 47.1 Å². The van der Waals surface area contributed by atoms with Crippen LogP contribution < -0.4 is 10.1 Å². The van der Waals surface area contributed by atoms with Crippen LogP contribution in [0.1, 0.15) is 18.4 Å². The van der Waals surface area contributed by atoms with Gasteiger partial charge in [-0.2, -0.15) is 0 Å². The summed E-state index contributed by atoms with van der Waals surface area (Å²) >= 11 is 0. The third-order valence-corrected chi connectivity index (χ3v) is 5.70. The highest BCUT2D eigenvalue weighted by Gasteiger charge is 2.28. The molecule has 3 aromatic rings. The van der Waals surface area contributed by atoms with E-state index in [4.69, 9.17) is 9.47 Å². The van der Waals surface area contributed by atoms with E-state index in [1.807, 2.05) is 30.3 Å². The molecule has 1 aliphatic rings. The van der Waals surface area contributed by atoms with Gasteiger partial charge in [0.1, 0.15) is 30.3 Å². The number of benzene rings is 2. The molecule has 9 heteroatoms. The van der Waals surface area contributed by atoms with Gasteiger partial charge >= 0.3 is 6.09 Å². The molecule has 1 aliphatic heterocycles. The summed E-state index contributed by atoms with van der Waals surface area (Å²) < 4.78 is 25.0. The lowest BCUT2D eigenvalue weighted by molar-refractivity contribution is -0.121. The topological polar surface area (TPSA) is 93.7 Å². The number of amides is 2. The van der Waals surface area contributed by atoms with Gasteiger partial charge in [-0.25, -0.2) is 19.2 Å². The van der Waals surface area contributed by atoms with Crippen molar-refractivity contribution in [2.24, 2.45) is 5.92 Å². The average molecular weight is 464 g/mol. The van der Waals surface area contributed by atoms with Crippen LogP contribution in [0.3, 0.4) is 0 Å². The molecule has 8 nitrogen and oxygen atoms in total. The number of likely N-dealkylation sites (tertiary alicyclic amines) is 1. The highest BCUT2D eigenvalue weighted by Crippen LogP contribution is 2.32. The number of aromatic nitrogens is 2. The Morgan fingerprint density at radius 3 is 2.59 bits per heavy atom. The Kier molecular flexibility index (Phi) is 7.31. The van der Waals surface area contributed by atoms with Gasteiger partial charge in [0, 0.05) is 25.1 Å². The highest BCUT2D eigenvalue weighted by atomic mass is 19.1. The van der Waals surface area contributed by atoms with E-state index in [0.29, 0.717) is 37.4 Å². The molecule has 0 saturated carbocycles. The zero-order chi connectivity index (χ0) is 23.9. The number of hydrogen-bond acceptors (Lipinski definition) is 6. The summed E-state index contributed by atoms with van der Waals surface area (Å²) in [4.78, 5) is 35.0. The quantitative estimate of drug-likeness (QED) is 0.585. The van der Waals surface area contributed by atoms with Crippen molar-refractivity contribution in [3.8, 4) is 17.0 Å².